The zero-order chi connectivity index (χ0) is 14.7. The number of piperidine rings is 1. The summed E-state index contributed by atoms with van der Waals surface area (Å²) >= 11 is 0. The van der Waals surface area contributed by atoms with Gasteiger partial charge in [0, 0.05) is 19.1 Å². The fourth-order valence-corrected chi connectivity index (χ4v) is 4.28. The number of nitrogens with zero attached hydrogens (tertiary/aromatic N) is 1. The topological polar surface area (TPSA) is 49.5 Å². The Labute approximate surface area is 128 Å². The van der Waals surface area contributed by atoms with Gasteiger partial charge in [-0.15, -0.1) is 0 Å². The van der Waals surface area contributed by atoms with Crippen molar-refractivity contribution in [2.24, 2.45) is 11.7 Å². The average Bonchev–Trinajstić information content (AvgIpc) is 3.02. The van der Waals surface area contributed by atoms with Crippen molar-refractivity contribution in [1.29, 1.82) is 0 Å². The molecule has 1 aromatic rings. The zero-order valence-corrected chi connectivity index (χ0v) is 12.9. The van der Waals surface area contributed by atoms with E-state index in [-0.39, 0.29) is 0 Å². The summed E-state index contributed by atoms with van der Waals surface area (Å²) in [5, 5.41) is 10.9. The van der Waals surface area contributed by atoms with E-state index < -0.39 is 5.60 Å². The number of benzene rings is 1. The van der Waals surface area contributed by atoms with Gasteiger partial charge < -0.3 is 10.8 Å². The molecule has 116 valence electrons. The van der Waals surface area contributed by atoms with Crippen LogP contribution in [0.5, 0.6) is 0 Å². The molecule has 3 heteroatoms. The van der Waals surface area contributed by atoms with E-state index in [0.29, 0.717) is 6.54 Å². The molecule has 0 aromatic heterocycles. The highest BCUT2D eigenvalue weighted by atomic mass is 16.3. The molecule has 3 rings (SSSR count). The van der Waals surface area contributed by atoms with Crippen molar-refractivity contribution in [3.05, 3.63) is 35.9 Å². The summed E-state index contributed by atoms with van der Waals surface area (Å²) in [6.07, 6.45) is 7.58. The van der Waals surface area contributed by atoms with Crippen LogP contribution in [0.15, 0.2) is 30.3 Å². The number of fused-ring (bicyclic) bond motifs is 1. The number of rotatable bonds is 5. The van der Waals surface area contributed by atoms with Crippen molar-refractivity contribution in [1.82, 2.24) is 4.90 Å². The first-order chi connectivity index (χ1) is 10.2. The second kappa shape index (κ2) is 6.47. The third-order valence-electron chi connectivity index (χ3n) is 5.57. The van der Waals surface area contributed by atoms with Gasteiger partial charge in [0.05, 0.1) is 0 Å². The normalized spacial score (nSPS) is 29.0. The van der Waals surface area contributed by atoms with Gasteiger partial charge in [0.15, 0.2) is 0 Å². The molecule has 0 bridgehead atoms. The maximum Gasteiger partial charge on any atom is 0.103 e. The number of aliphatic hydroxyl groups is 1. The van der Waals surface area contributed by atoms with Gasteiger partial charge in [-0.05, 0) is 50.1 Å². The lowest BCUT2D eigenvalue weighted by atomic mass is 9.88. The summed E-state index contributed by atoms with van der Waals surface area (Å²) in [4.78, 5) is 2.62. The summed E-state index contributed by atoms with van der Waals surface area (Å²) in [6.45, 7) is 2.44. The van der Waals surface area contributed by atoms with Crippen molar-refractivity contribution in [2.45, 2.75) is 50.2 Å². The van der Waals surface area contributed by atoms with Crippen LogP contribution in [0, 0.1) is 5.92 Å². The second-order valence-corrected chi connectivity index (χ2v) is 6.79. The summed E-state index contributed by atoms with van der Waals surface area (Å²) in [5.41, 5.74) is 5.96. The van der Waals surface area contributed by atoms with Crippen LogP contribution in [0.4, 0.5) is 0 Å². The highest BCUT2D eigenvalue weighted by molar-refractivity contribution is 5.22. The highest BCUT2D eigenvalue weighted by Crippen LogP contribution is 2.37. The molecule has 3 nitrogen and oxygen atoms in total. The van der Waals surface area contributed by atoms with Gasteiger partial charge in [0.1, 0.15) is 5.60 Å². The van der Waals surface area contributed by atoms with Gasteiger partial charge >= 0.3 is 0 Å². The standard InChI is InChI=1S/C18H28N2O/c19-14-18(21,16-8-2-1-3-9-16)11-13-20-12-5-7-15-6-4-10-17(15)20/h1-3,8-9,15,17,21H,4-7,10-14,19H2. The Kier molecular flexibility index (Phi) is 4.63. The molecule has 0 spiro atoms. The van der Waals surface area contributed by atoms with Gasteiger partial charge in [-0.2, -0.15) is 0 Å². The van der Waals surface area contributed by atoms with Crippen LogP contribution in [-0.2, 0) is 5.60 Å². The minimum Gasteiger partial charge on any atom is -0.384 e. The molecule has 1 aliphatic heterocycles. The predicted molar refractivity (Wildman–Crippen MR) is 85.9 cm³/mol. The number of likely N-dealkylation sites (tertiary alicyclic amines) is 1. The minimum absolute atomic E-state index is 0.291. The average molecular weight is 288 g/mol. The molecule has 1 heterocycles. The molecule has 1 aliphatic carbocycles. The smallest absolute Gasteiger partial charge is 0.103 e. The van der Waals surface area contributed by atoms with E-state index in [0.717, 1.165) is 30.5 Å². The quantitative estimate of drug-likeness (QED) is 0.875. The van der Waals surface area contributed by atoms with Gasteiger partial charge in [-0.1, -0.05) is 36.8 Å². The van der Waals surface area contributed by atoms with Crippen molar-refractivity contribution in [2.75, 3.05) is 19.6 Å². The third kappa shape index (κ3) is 3.15. The Morgan fingerprint density at radius 3 is 2.67 bits per heavy atom. The van der Waals surface area contributed by atoms with E-state index in [9.17, 15) is 5.11 Å². The Morgan fingerprint density at radius 2 is 1.90 bits per heavy atom. The van der Waals surface area contributed by atoms with Crippen LogP contribution in [0.1, 0.15) is 44.1 Å². The molecular weight excluding hydrogens is 260 g/mol. The maximum atomic E-state index is 10.9. The van der Waals surface area contributed by atoms with Gasteiger partial charge in [0.2, 0.25) is 0 Å². The Bertz CT molecular complexity index is 450. The molecule has 3 N–H and O–H groups in total. The maximum absolute atomic E-state index is 10.9. The first-order valence-electron chi connectivity index (χ1n) is 8.45. The van der Waals surface area contributed by atoms with E-state index in [1.165, 1.54) is 38.6 Å². The number of hydrogen-bond acceptors (Lipinski definition) is 3. The number of hydrogen-bond donors (Lipinski definition) is 2. The summed E-state index contributed by atoms with van der Waals surface area (Å²) < 4.78 is 0. The van der Waals surface area contributed by atoms with E-state index >= 15 is 0 Å². The molecule has 0 amide bonds. The van der Waals surface area contributed by atoms with Crippen LogP contribution >= 0.6 is 0 Å². The molecule has 2 aliphatic rings. The van der Waals surface area contributed by atoms with Crippen molar-refractivity contribution in [3.8, 4) is 0 Å². The number of nitrogens with two attached hydrogens (primary N) is 1. The second-order valence-electron chi connectivity index (χ2n) is 6.79. The monoisotopic (exact) mass is 288 g/mol. The van der Waals surface area contributed by atoms with E-state index in [1.54, 1.807) is 0 Å². The molecule has 1 saturated heterocycles. The first-order valence-corrected chi connectivity index (χ1v) is 8.45. The zero-order valence-electron chi connectivity index (χ0n) is 12.9. The molecule has 3 unspecified atom stereocenters. The van der Waals surface area contributed by atoms with Crippen LogP contribution in [0.3, 0.4) is 0 Å². The van der Waals surface area contributed by atoms with E-state index in [2.05, 4.69) is 4.90 Å². The molecular formula is C18H28N2O. The fraction of sp³-hybridized carbons (Fsp3) is 0.667. The van der Waals surface area contributed by atoms with Crippen LogP contribution in [0.2, 0.25) is 0 Å². The highest BCUT2D eigenvalue weighted by Gasteiger charge is 2.36. The predicted octanol–water partition coefficient (Wildman–Crippen LogP) is 2.49. The van der Waals surface area contributed by atoms with E-state index in [4.69, 9.17) is 5.73 Å². The molecule has 0 radical (unpaired) electrons. The van der Waals surface area contributed by atoms with Crippen LogP contribution < -0.4 is 5.73 Å². The molecule has 2 fully saturated rings. The SMILES string of the molecule is NCC(O)(CCN1CCCC2CCCC21)c1ccccc1. The van der Waals surface area contributed by atoms with Gasteiger partial charge in [0.25, 0.3) is 0 Å². The first kappa shape index (κ1) is 15.0. The van der Waals surface area contributed by atoms with Gasteiger partial charge in [-0.3, -0.25) is 4.90 Å². The summed E-state index contributed by atoms with van der Waals surface area (Å²) in [6, 6.07) is 10.7. The Balaban J connectivity index is 1.65. The van der Waals surface area contributed by atoms with Crippen LogP contribution in [0.25, 0.3) is 0 Å². The van der Waals surface area contributed by atoms with Crippen molar-refractivity contribution in [3.63, 3.8) is 0 Å². The van der Waals surface area contributed by atoms with E-state index in [1.807, 2.05) is 30.3 Å². The lowest BCUT2D eigenvalue weighted by Gasteiger charge is -2.39. The van der Waals surface area contributed by atoms with Crippen LogP contribution in [-0.4, -0.2) is 35.7 Å². The lowest BCUT2D eigenvalue weighted by molar-refractivity contribution is 0.0120. The molecule has 1 aromatic carbocycles. The fourth-order valence-electron chi connectivity index (χ4n) is 4.28. The third-order valence-corrected chi connectivity index (χ3v) is 5.57. The summed E-state index contributed by atoms with van der Waals surface area (Å²) in [7, 11) is 0. The largest absolute Gasteiger partial charge is 0.384 e. The van der Waals surface area contributed by atoms with Crippen molar-refractivity contribution >= 4 is 0 Å². The minimum atomic E-state index is -0.882. The Hall–Kier alpha value is -0.900. The van der Waals surface area contributed by atoms with Gasteiger partial charge in [-0.25, -0.2) is 0 Å². The summed E-state index contributed by atoms with van der Waals surface area (Å²) in [5.74, 6) is 0.904. The molecule has 21 heavy (non-hydrogen) atoms. The molecule has 1 saturated carbocycles. The van der Waals surface area contributed by atoms with Crippen molar-refractivity contribution < 1.29 is 5.11 Å². The lowest BCUT2D eigenvalue weighted by Crippen LogP contribution is -2.46. The Morgan fingerprint density at radius 1 is 1.14 bits per heavy atom. The molecule has 3 atom stereocenters.